The molecule has 0 aromatic heterocycles. The van der Waals surface area contributed by atoms with Crippen LogP contribution in [-0.2, 0) is 18.0 Å². The van der Waals surface area contributed by atoms with E-state index in [1.807, 2.05) is 6.92 Å². The summed E-state index contributed by atoms with van der Waals surface area (Å²) >= 11 is 1.78. The van der Waals surface area contributed by atoms with Crippen LogP contribution in [-0.4, -0.2) is 40.6 Å². The molecule has 3 fully saturated rings. The molecule has 0 aromatic rings. The van der Waals surface area contributed by atoms with Gasteiger partial charge < -0.3 is 13.7 Å². The van der Waals surface area contributed by atoms with Gasteiger partial charge in [0.2, 0.25) is 0 Å². The predicted molar refractivity (Wildman–Crippen MR) is 88.1 cm³/mol. The Morgan fingerprint density at radius 2 is 2.14 bits per heavy atom. The first kappa shape index (κ1) is 16.0. The van der Waals surface area contributed by atoms with E-state index < -0.39 is 22.5 Å². The van der Waals surface area contributed by atoms with E-state index in [-0.39, 0.29) is 10.5 Å². The van der Waals surface area contributed by atoms with Gasteiger partial charge in [0.05, 0.1) is 5.75 Å². The SMILES string of the molecule is CC#CCC(C1CCCN1)C1SCCCS12OC(=O)C(=O)O2. The lowest BCUT2D eigenvalue weighted by Crippen LogP contribution is -2.41. The number of hydrogen-bond donors (Lipinski definition) is 1. The molecule has 0 radical (unpaired) electrons. The summed E-state index contributed by atoms with van der Waals surface area (Å²) in [5.41, 5.74) is 0. The average Bonchev–Trinajstić information content (AvgIpc) is 3.11. The molecule has 3 unspecified atom stereocenters. The molecule has 3 atom stereocenters. The maximum absolute atomic E-state index is 11.6. The Bertz CT molecular complexity index is 505. The molecule has 1 spiro atoms. The Balaban J connectivity index is 1.87. The van der Waals surface area contributed by atoms with Gasteiger partial charge in [-0.1, -0.05) is 10.6 Å². The fourth-order valence-electron chi connectivity index (χ4n) is 3.31. The molecule has 22 heavy (non-hydrogen) atoms. The first-order valence-corrected chi connectivity index (χ1v) is 10.4. The average molecular weight is 343 g/mol. The van der Waals surface area contributed by atoms with E-state index in [1.165, 1.54) is 0 Å². The van der Waals surface area contributed by atoms with Gasteiger partial charge in [0, 0.05) is 18.4 Å². The predicted octanol–water partition coefficient (Wildman–Crippen LogP) is 1.97. The fourth-order valence-corrected chi connectivity index (χ4v) is 8.85. The molecule has 5 nitrogen and oxygen atoms in total. The molecule has 3 rings (SSSR count). The first-order chi connectivity index (χ1) is 10.7. The van der Waals surface area contributed by atoms with Crippen molar-refractivity contribution in [1.29, 1.82) is 0 Å². The summed E-state index contributed by atoms with van der Waals surface area (Å²) in [7, 11) is -2.11. The second-order valence-corrected chi connectivity index (χ2v) is 9.82. The van der Waals surface area contributed by atoms with Crippen LogP contribution < -0.4 is 5.32 Å². The van der Waals surface area contributed by atoms with Crippen molar-refractivity contribution in [2.75, 3.05) is 18.1 Å². The second kappa shape index (κ2) is 6.73. The van der Waals surface area contributed by atoms with E-state index in [1.54, 1.807) is 11.8 Å². The van der Waals surface area contributed by atoms with Crippen LogP contribution in [0.15, 0.2) is 0 Å². The van der Waals surface area contributed by atoms with Crippen LogP contribution in [0.2, 0.25) is 0 Å². The van der Waals surface area contributed by atoms with Crippen molar-refractivity contribution < 1.29 is 18.0 Å². The lowest BCUT2D eigenvalue weighted by atomic mass is 9.97. The summed E-state index contributed by atoms with van der Waals surface area (Å²) in [6, 6.07) is 0.360. The molecule has 0 amide bonds. The van der Waals surface area contributed by atoms with E-state index in [0.717, 1.165) is 38.0 Å². The molecule has 1 N–H and O–H groups in total. The molecule has 3 aliphatic heterocycles. The fraction of sp³-hybridized carbons (Fsp3) is 0.733. The van der Waals surface area contributed by atoms with E-state index in [2.05, 4.69) is 17.2 Å². The lowest BCUT2D eigenvalue weighted by molar-refractivity contribution is -0.150. The van der Waals surface area contributed by atoms with Gasteiger partial charge in [-0.15, -0.1) is 23.6 Å². The molecule has 7 heteroatoms. The monoisotopic (exact) mass is 343 g/mol. The van der Waals surface area contributed by atoms with Gasteiger partial charge in [0.15, 0.2) is 0 Å². The van der Waals surface area contributed by atoms with Crippen LogP contribution in [0.1, 0.15) is 32.6 Å². The zero-order chi connectivity index (χ0) is 15.6. The van der Waals surface area contributed by atoms with Crippen LogP contribution >= 0.6 is 22.4 Å². The summed E-state index contributed by atoms with van der Waals surface area (Å²) in [5, 5.41) is 3.54. The third kappa shape index (κ3) is 2.97. The molecular formula is C15H21NO4S2. The highest BCUT2D eigenvalue weighted by Crippen LogP contribution is 2.67. The number of thioether (sulfide) groups is 1. The minimum atomic E-state index is -2.11. The quantitative estimate of drug-likeness (QED) is 0.624. The smallest absolute Gasteiger partial charge is 0.333 e. The topological polar surface area (TPSA) is 64.6 Å². The van der Waals surface area contributed by atoms with Crippen molar-refractivity contribution in [1.82, 2.24) is 5.32 Å². The van der Waals surface area contributed by atoms with Gasteiger partial charge in [-0.25, -0.2) is 9.59 Å². The van der Waals surface area contributed by atoms with Crippen molar-refractivity contribution in [3.05, 3.63) is 0 Å². The second-order valence-electron chi connectivity index (χ2n) is 5.70. The summed E-state index contributed by atoms with van der Waals surface area (Å²) < 4.78 is 11.1. The van der Waals surface area contributed by atoms with Crippen molar-refractivity contribution in [3.63, 3.8) is 0 Å². The molecule has 0 saturated carbocycles. The van der Waals surface area contributed by atoms with Crippen LogP contribution in [0.3, 0.4) is 0 Å². The Hall–Kier alpha value is -0.840. The Morgan fingerprint density at radius 1 is 1.36 bits per heavy atom. The molecule has 3 saturated heterocycles. The van der Waals surface area contributed by atoms with Crippen LogP contribution in [0.25, 0.3) is 0 Å². The van der Waals surface area contributed by atoms with Gasteiger partial charge in [-0.3, -0.25) is 0 Å². The van der Waals surface area contributed by atoms with E-state index in [4.69, 9.17) is 8.37 Å². The number of nitrogens with one attached hydrogen (secondary N) is 1. The highest BCUT2D eigenvalue weighted by Gasteiger charge is 2.52. The maximum atomic E-state index is 11.6. The van der Waals surface area contributed by atoms with E-state index >= 15 is 0 Å². The minimum Gasteiger partial charge on any atom is -0.333 e. The Kier molecular flexibility index (Phi) is 4.91. The zero-order valence-electron chi connectivity index (χ0n) is 12.6. The van der Waals surface area contributed by atoms with Crippen molar-refractivity contribution in [2.45, 2.75) is 43.2 Å². The standard InChI is InChI=1S/C15H21NO4S2/c1-2-3-6-11(12-7-4-8-16-12)15-21-9-5-10-22(15)19-13(17)14(18)20-22/h11-12,15-16H,4-10H2,1H3. The van der Waals surface area contributed by atoms with Crippen molar-refractivity contribution in [3.8, 4) is 11.8 Å². The maximum Gasteiger partial charge on any atom is 0.441 e. The van der Waals surface area contributed by atoms with Gasteiger partial charge in [-0.2, -0.15) is 0 Å². The highest BCUT2D eigenvalue weighted by atomic mass is 32.3. The Morgan fingerprint density at radius 3 is 2.77 bits per heavy atom. The van der Waals surface area contributed by atoms with Crippen LogP contribution in [0.5, 0.6) is 0 Å². The van der Waals surface area contributed by atoms with Gasteiger partial charge in [0.25, 0.3) is 0 Å². The molecule has 3 heterocycles. The number of hydrogen-bond acceptors (Lipinski definition) is 6. The highest BCUT2D eigenvalue weighted by molar-refractivity contribution is 8.35. The van der Waals surface area contributed by atoms with E-state index in [9.17, 15) is 9.59 Å². The summed E-state index contributed by atoms with van der Waals surface area (Å²) in [6.45, 7) is 2.85. The van der Waals surface area contributed by atoms with Gasteiger partial charge in [-0.05, 0) is 38.5 Å². The Labute approximate surface area is 137 Å². The largest absolute Gasteiger partial charge is 0.441 e. The first-order valence-electron chi connectivity index (χ1n) is 7.68. The molecular weight excluding hydrogens is 322 g/mol. The number of rotatable bonds is 3. The van der Waals surface area contributed by atoms with Crippen molar-refractivity contribution >= 4 is 34.3 Å². The molecule has 0 aliphatic carbocycles. The van der Waals surface area contributed by atoms with Gasteiger partial charge >= 0.3 is 11.9 Å². The molecule has 122 valence electrons. The van der Waals surface area contributed by atoms with Gasteiger partial charge in [0.1, 0.15) is 4.58 Å². The minimum absolute atomic E-state index is 0.0353. The summed E-state index contributed by atoms with van der Waals surface area (Å²) in [5.74, 6) is 6.44. The molecule has 0 aromatic carbocycles. The molecule has 3 aliphatic rings. The summed E-state index contributed by atoms with van der Waals surface area (Å²) in [4.78, 5) is 23.2. The zero-order valence-corrected chi connectivity index (χ0v) is 14.3. The number of carbonyl (C=O) groups is 2. The van der Waals surface area contributed by atoms with Crippen molar-refractivity contribution in [2.24, 2.45) is 5.92 Å². The number of carbonyl (C=O) groups excluding carboxylic acids is 2. The van der Waals surface area contributed by atoms with Crippen LogP contribution in [0.4, 0.5) is 0 Å². The normalized spacial score (nSPS) is 32.8. The third-order valence-corrected chi connectivity index (χ3v) is 9.56. The lowest BCUT2D eigenvalue weighted by Gasteiger charge is -2.48. The van der Waals surface area contributed by atoms with E-state index in [0.29, 0.717) is 11.8 Å². The third-order valence-electron chi connectivity index (χ3n) is 4.29. The van der Waals surface area contributed by atoms with Crippen LogP contribution in [0, 0.1) is 17.8 Å². The molecule has 0 bridgehead atoms. The summed E-state index contributed by atoms with van der Waals surface area (Å²) in [6.07, 6.45) is 3.92.